The highest BCUT2D eigenvalue weighted by atomic mass is 16.5. The molecule has 0 atom stereocenters. The van der Waals surface area contributed by atoms with E-state index in [1.165, 1.54) is 0 Å². The topological polar surface area (TPSA) is 64.3 Å². The predicted octanol–water partition coefficient (Wildman–Crippen LogP) is 1.68. The highest BCUT2D eigenvalue weighted by Crippen LogP contribution is 2.23. The maximum atomic E-state index is 5.74. The minimum atomic E-state index is 0.283. The smallest absolute Gasteiger partial charge is 0.324 e. The van der Waals surface area contributed by atoms with Crippen molar-refractivity contribution < 1.29 is 9.26 Å². The maximum absolute atomic E-state index is 5.74. The first-order valence-corrected chi connectivity index (χ1v) is 8.04. The van der Waals surface area contributed by atoms with Crippen LogP contribution in [0.15, 0.2) is 22.9 Å². The van der Waals surface area contributed by atoms with E-state index < -0.39 is 0 Å². The Hall–Kier alpha value is -2.05. The largest absolute Gasteiger partial charge is 0.477 e. The van der Waals surface area contributed by atoms with Crippen molar-refractivity contribution in [2.75, 3.05) is 24.6 Å². The second-order valence-corrected chi connectivity index (χ2v) is 6.26. The molecule has 1 aliphatic heterocycles. The van der Waals surface area contributed by atoms with Gasteiger partial charge >= 0.3 is 6.01 Å². The van der Waals surface area contributed by atoms with Gasteiger partial charge in [0, 0.05) is 25.2 Å². The summed E-state index contributed by atoms with van der Waals surface area (Å²) in [4.78, 5) is 10.8. The van der Waals surface area contributed by atoms with Crippen LogP contribution in [-0.4, -0.2) is 42.7 Å². The number of rotatable bonds is 5. The lowest BCUT2D eigenvalue weighted by Gasteiger charge is -2.30. The molecule has 6 nitrogen and oxygen atoms in total. The highest BCUT2D eigenvalue weighted by molar-refractivity contribution is 6.32. The van der Waals surface area contributed by atoms with Gasteiger partial charge in [-0.05, 0) is 24.8 Å². The number of aromatic nitrogens is 3. The quantitative estimate of drug-likeness (QED) is 0.783. The van der Waals surface area contributed by atoms with Gasteiger partial charge in [-0.1, -0.05) is 30.5 Å². The minimum Gasteiger partial charge on any atom is -0.477 e. The zero-order chi connectivity index (χ0) is 16.2. The Balaban J connectivity index is 1.47. The third-order valence-electron chi connectivity index (χ3n) is 4.06. The number of piperidine rings is 1. The lowest BCUT2D eigenvalue weighted by molar-refractivity contribution is 0.213. The third kappa shape index (κ3) is 4.03. The number of hydrogen-bond donors (Lipinski definition) is 0. The van der Waals surface area contributed by atoms with Gasteiger partial charge in [0.15, 0.2) is 5.82 Å². The van der Waals surface area contributed by atoms with Crippen molar-refractivity contribution >= 4 is 19.3 Å². The van der Waals surface area contributed by atoms with Crippen molar-refractivity contribution in [3.63, 3.8) is 0 Å². The van der Waals surface area contributed by atoms with Crippen LogP contribution in [0.25, 0.3) is 0 Å². The van der Waals surface area contributed by atoms with Crippen molar-refractivity contribution in [1.82, 2.24) is 15.1 Å². The summed E-state index contributed by atoms with van der Waals surface area (Å²) in [5.74, 6) is 2.18. The molecule has 0 aliphatic carbocycles. The molecule has 1 fully saturated rings. The molecular weight excluding hydrogens is 291 g/mol. The first-order chi connectivity index (χ1) is 11.1. The Morgan fingerprint density at radius 1 is 1.35 bits per heavy atom. The van der Waals surface area contributed by atoms with Gasteiger partial charge in [0.25, 0.3) is 0 Å². The molecule has 120 valence electrons. The van der Waals surface area contributed by atoms with Crippen molar-refractivity contribution in [2.24, 2.45) is 5.92 Å². The highest BCUT2D eigenvalue weighted by Gasteiger charge is 2.24. The van der Waals surface area contributed by atoms with Crippen LogP contribution in [0.5, 0.6) is 5.88 Å². The van der Waals surface area contributed by atoms with Crippen LogP contribution in [0, 0.1) is 5.92 Å². The number of anilines is 1. The number of hydrogen-bond acceptors (Lipinski definition) is 6. The van der Waals surface area contributed by atoms with Crippen molar-refractivity contribution in [2.45, 2.75) is 32.6 Å². The van der Waals surface area contributed by atoms with Gasteiger partial charge in [-0.3, -0.25) is 0 Å². The van der Waals surface area contributed by atoms with E-state index in [0.29, 0.717) is 29.9 Å². The molecular formula is C16H21BN4O2. The molecule has 1 aliphatic rings. The fraction of sp³-hybridized carbons (Fsp3) is 0.562. The van der Waals surface area contributed by atoms with Gasteiger partial charge in [0.05, 0.1) is 6.61 Å². The summed E-state index contributed by atoms with van der Waals surface area (Å²) in [6, 6.07) is 4.23. The number of nitrogens with zero attached hydrogens (tertiary/aromatic N) is 4. The van der Waals surface area contributed by atoms with E-state index in [4.69, 9.17) is 17.1 Å². The normalized spacial score (nSPS) is 16.0. The average Bonchev–Trinajstić information content (AvgIpc) is 3.05. The Kier molecular flexibility index (Phi) is 4.83. The monoisotopic (exact) mass is 312 g/mol. The molecule has 0 spiro atoms. The Morgan fingerprint density at radius 3 is 2.74 bits per heavy atom. The summed E-state index contributed by atoms with van der Waals surface area (Å²) in [5.41, 5.74) is 0.644. The fourth-order valence-electron chi connectivity index (χ4n) is 2.56. The second-order valence-electron chi connectivity index (χ2n) is 6.26. The van der Waals surface area contributed by atoms with Gasteiger partial charge in [0.1, 0.15) is 7.85 Å². The first kappa shape index (κ1) is 15.8. The summed E-state index contributed by atoms with van der Waals surface area (Å²) in [5, 5.41) is 4.02. The van der Waals surface area contributed by atoms with Crippen LogP contribution < -0.4 is 15.1 Å². The molecule has 2 radical (unpaired) electrons. The number of pyridine rings is 1. The lowest BCUT2D eigenvalue weighted by atomic mass is 9.98. The van der Waals surface area contributed by atoms with E-state index in [1.54, 1.807) is 18.3 Å². The predicted molar refractivity (Wildman–Crippen MR) is 88.4 cm³/mol. The van der Waals surface area contributed by atoms with Crippen LogP contribution in [0.2, 0.25) is 0 Å². The molecule has 23 heavy (non-hydrogen) atoms. The van der Waals surface area contributed by atoms with Crippen LogP contribution >= 0.6 is 0 Å². The molecule has 2 aromatic rings. The van der Waals surface area contributed by atoms with Crippen molar-refractivity contribution in [1.29, 1.82) is 0 Å². The Labute approximate surface area is 137 Å². The second kappa shape index (κ2) is 7.02. The van der Waals surface area contributed by atoms with Crippen LogP contribution in [0.4, 0.5) is 6.01 Å². The van der Waals surface area contributed by atoms with E-state index in [9.17, 15) is 0 Å². The first-order valence-electron chi connectivity index (χ1n) is 8.04. The summed E-state index contributed by atoms with van der Waals surface area (Å²) < 4.78 is 11.1. The molecule has 1 saturated heterocycles. The molecule has 0 amide bonds. The van der Waals surface area contributed by atoms with Gasteiger partial charge in [-0.25, -0.2) is 4.98 Å². The summed E-state index contributed by atoms with van der Waals surface area (Å²) in [7, 11) is 5.61. The van der Waals surface area contributed by atoms with Crippen LogP contribution in [0.1, 0.15) is 38.4 Å². The summed E-state index contributed by atoms with van der Waals surface area (Å²) in [6.45, 7) is 6.60. The van der Waals surface area contributed by atoms with Gasteiger partial charge in [-0.2, -0.15) is 4.98 Å². The summed E-state index contributed by atoms with van der Waals surface area (Å²) in [6.07, 6.45) is 3.68. The molecule has 0 bridgehead atoms. The van der Waals surface area contributed by atoms with E-state index in [1.807, 2.05) is 0 Å². The van der Waals surface area contributed by atoms with E-state index in [0.717, 1.165) is 31.8 Å². The van der Waals surface area contributed by atoms with E-state index in [-0.39, 0.29) is 5.92 Å². The van der Waals surface area contributed by atoms with Gasteiger partial charge in [-0.15, -0.1) is 0 Å². The number of ether oxygens (including phenoxy) is 1. The standard InChI is InChI=1S/C16H21BN4O2/c1-11(2)15-19-16(23-20-15)21-7-5-12(6-8-21)10-22-14-4-3-13(17)9-18-14/h3-4,9,11-12H,5-8,10H2,1-2H3. The van der Waals surface area contributed by atoms with Gasteiger partial charge < -0.3 is 14.2 Å². The average molecular weight is 312 g/mol. The summed E-state index contributed by atoms with van der Waals surface area (Å²) >= 11 is 0. The zero-order valence-electron chi connectivity index (χ0n) is 13.6. The zero-order valence-corrected chi connectivity index (χ0v) is 13.6. The molecule has 3 heterocycles. The lowest BCUT2D eigenvalue weighted by Crippen LogP contribution is -2.35. The molecule has 3 rings (SSSR count). The third-order valence-corrected chi connectivity index (χ3v) is 4.06. The molecule has 2 aromatic heterocycles. The fourth-order valence-corrected chi connectivity index (χ4v) is 2.56. The molecule has 0 N–H and O–H groups in total. The molecule has 0 saturated carbocycles. The Bertz CT molecular complexity index is 621. The Morgan fingerprint density at radius 2 is 2.13 bits per heavy atom. The van der Waals surface area contributed by atoms with E-state index in [2.05, 4.69) is 33.9 Å². The minimum absolute atomic E-state index is 0.283. The van der Waals surface area contributed by atoms with Crippen LogP contribution in [-0.2, 0) is 0 Å². The van der Waals surface area contributed by atoms with Crippen molar-refractivity contribution in [3.05, 3.63) is 24.2 Å². The maximum Gasteiger partial charge on any atom is 0.324 e. The van der Waals surface area contributed by atoms with Gasteiger partial charge in [0.2, 0.25) is 5.88 Å². The van der Waals surface area contributed by atoms with Crippen LogP contribution in [0.3, 0.4) is 0 Å². The molecule has 7 heteroatoms. The SMILES string of the molecule is [B]c1ccc(OCC2CCN(c3nc(C(C)C)no3)CC2)nc1. The molecule has 0 aromatic carbocycles. The molecule has 0 unspecified atom stereocenters. The van der Waals surface area contributed by atoms with E-state index >= 15 is 0 Å². The van der Waals surface area contributed by atoms with Crippen molar-refractivity contribution in [3.8, 4) is 5.88 Å².